The highest BCUT2D eigenvalue weighted by Crippen LogP contribution is 2.59. The first-order chi connectivity index (χ1) is 21.6. The van der Waals surface area contributed by atoms with Gasteiger partial charge in [0.25, 0.3) is 0 Å². The summed E-state index contributed by atoms with van der Waals surface area (Å²) in [5.41, 5.74) is -0.949. The molecule has 0 aliphatic carbocycles. The molecular formula is C33H38F5N3O4Si. The van der Waals surface area contributed by atoms with Crippen LogP contribution < -0.4 is 9.47 Å². The van der Waals surface area contributed by atoms with E-state index < -0.39 is 55.2 Å². The van der Waals surface area contributed by atoms with Gasteiger partial charge in [0.2, 0.25) is 5.82 Å². The number of ether oxygens (including phenoxy) is 4. The van der Waals surface area contributed by atoms with Gasteiger partial charge in [0, 0.05) is 38.1 Å². The van der Waals surface area contributed by atoms with Crippen LogP contribution in [0.1, 0.15) is 42.7 Å². The van der Waals surface area contributed by atoms with Crippen LogP contribution in [0.5, 0.6) is 11.5 Å². The van der Waals surface area contributed by atoms with E-state index in [0.29, 0.717) is 17.9 Å². The summed E-state index contributed by atoms with van der Waals surface area (Å²) in [7, 11) is -0.193. The summed E-state index contributed by atoms with van der Waals surface area (Å²) in [5, 5.41) is 0. The first-order valence-corrected chi connectivity index (χ1v) is 18.7. The molecule has 13 heteroatoms. The molecule has 4 atom stereocenters. The molecule has 5 rings (SSSR count). The van der Waals surface area contributed by atoms with Crippen molar-refractivity contribution in [2.75, 3.05) is 13.7 Å². The van der Waals surface area contributed by atoms with Gasteiger partial charge in [-0.1, -0.05) is 63.0 Å². The molecule has 0 spiro atoms. The molecule has 7 nitrogen and oxygen atoms in total. The maximum absolute atomic E-state index is 14.9. The number of methoxy groups -OCH3 is 1. The zero-order valence-corrected chi connectivity index (χ0v) is 27.6. The molecular weight excluding hydrogens is 625 g/mol. The lowest BCUT2D eigenvalue weighted by atomic mass is 9.76. The number of hydrogen-bond donors (Lipinski definition) is 0. The number of imidazole rings is 1. The highest BCUT2D eigenvalue weighted by molar-refractivity contribution is 6.76. The van der Waals surface area contributed by atoms with E-state index in [2.05, 4.69) is 29.6 Å². The smallest absolute Gasteiger partial charge is 0.417 e. The van der Waals surface area contributed by atoms with E-state index in [9.17, 15) is 22.0 Å². The van der Waals surface area contributed by atoms with Gasteiger partial charge in [0.15, 0.2) is 22.8 Å². The van der Waals surface area contributed by atoms with E-state index in [-0.39, 0.29) is 30.2 Å². The Balaban J connectivity index is 1.61. The van der Waals surface area contributed by atoms with Crippen molar-refractivity contribution in [1.82, 2.24) is 14.5 Å². The minimum atomic E-state index is -4.79. The first-order valence-electron chi connectivity index (χ1n) is 15.0. The molecule has 46 heavy (non-hydrogen) atoms. The van der Waals surface area contributed by atoms with Crippen molar-refractivity contribution in [1.29, 1.82) is 0 Å². The lowest BCUT2D eigenvalue weighted by Gasteiger charge is -2.32. The van der Waals surface area contributed by atoms with Crippen molar-refractivity contribution in [3.05, 3.63) is 83.3 Å². The molecule has 1 aliphatic heterocycles. The predicted octanol–water partition coefficient (Wildman–Crippen LogP) is 8.42. The molecule has 1 saturated heterocycles. The van der Waals surface area contributed by atoms with Crippen LogP contribution >= 0.6 is 0 Å². The lowest BCUT2D eigenvalue weighted by molar-refractivity contribution is -0.275. The van der Waals surface area contributed by atoms with Gasteiger partial charge in [0.1, 0.15) is 30.7 Å². The number of benzene rings is 2. The number of fused-ring (bicyclic) bond motifs is 1. The second kappa shape index (κ2) is 12.9. The summed E-state index contributed by atoms with van der Waals surface area (Å²) >= 11 is 0. The van der Waals surface area contributed by atoms with Crippen molar-refractivity contribution >= 4 is 19.2 Å². The van der Waals surface area contributed by atoms with Crippen molar-refractivity contribution < 1.29 is 40.9 Å². The van der Waals surface area contributed by atoms with E-state index in [4.69, 9.17) is 18.9 Å². The van der Waals surface area contributed by atoms with Crippen LogP contribution in [0.15, 0.2) is 54.9 Å². The second-order valence-corrected chi connectivity index (χ2v) is 18.6. The number of halogens is 5. The number of aromatic nitrogens is 3. The number of pyridine rings is 1. The molecule has 0 bridgehead atoms. The number of rotatable bonds is 11. The second-order valence-electron chi connectivity index (χ2n) is 13.0. The van der Waals surface area contributed by atoms with Crippen molar-refractivity contribution in [3.8, 4) is 11.5 Å². The summed E-state index contributed by atoms with van der Waals surface area (Å²) in [6, 6.07) is 14.0. The minimum absolute atomic E-state index is 0.0295. The molecule has 1 aliphatic rings. The Morgan fingerprint density at radius 1 is 1.07 bits per heavy atom. The SMILES string of the molecule is COc1c([C@H]2[C@H](c3cc(OCc4ccccc4)c4c(ncn4COCC[Si](C)(C)C)n3)O[C@@](C)(C(F)(F)F)[C@H]2C)ccc(F)c1F. The maximum atomic E-state index is 14.9. The third-order valence-electron chi connectivity index (χ3n) is 8.63. The van der Waals surface area contributed by atoms with Crippen LogP contribution in [0.4, 0.5) is 22.0 Å². The van der Waals surface area contributed by atoms with Gasteiger partial charge in [-0.2, -0.15) is 17.6 Å². The monoisotopic (exact) mass is 663 g/mol. The molecule has 2 aromatic carbocycles. The standard InChI is InChI=1S/C33H38F5N3O4Si/c1-20-26(22-12-13-23(34)27(35)29(22)42-3)30(45-32(20,2)33(36,37)38)24-16-25(44-17-21-10-8-7-9-11-21)28-31(40-24)39-18-41(28)19-43-14-15-46(4,5)6/h7-13,16,18,20,26,30H,14-15,17,19H2,1-6H3/t20-,26-,30-,32+/m0/s1. The molecule has 0 radical (unpaired) electrons. The van der Waals surface area contributed by atoms with Gasteiger partial charge in [-0.25, -0.2) is 14.4 Å². The zero-order valence-electron chi connectivity index (χ0n) is 26.6. The average Bonchev–Trinajstić information content (AvgIpc) is 3.54. The Kier molecular flexibility index (Phi) is 9.49. The molecule has 2 aromatic heterocycles. The quantitative estimate of drug-likeness (QED) is 0.0912. The zero-order chi connectivity index (χ0) is 33.4. The van der Waals surface area contributed by atoms with Crippen molar-refractivity contribution in [3.63, 3.8) is 0 Å². The summed E-state index contributed by atoms with van der Waals surface area (Å²) in [5.74, 6) is -5.04. The molecule has 0 N–H and O–H groups in total. The Morgan fingerprint density at radius 2 is 1.78 bits per heavy atom. The predicted molar refractivity (Wildman–Crippen MR) is 166 cm³/mol. The Morgan fingerprint density at radius 3 is 2.43 bits per heavy atom. The van der Waals surface area contributed by atoms with Gasteiger partial charge in [-0.3, -0.25) is 0 Å². The maximum Gasteiger partial charge on any atom is 0.417 e. The van der Waals surface area contributed by atoms with Gasteiger partial charge in [-0.05, 0) is 24.6 Å². The minimum Gasteiger partial charge on any atom is -0.493 e. The van der Waals surface area contributed by atoms with E-state index >= 15 is 0 Å². The molecule has 3 heterocycles. The van der Waals surface area contributed by atoms with Crippen molar-refractivity contribution in [2.45, 2.75) is 76.7 Å². The average molecular weight is 664 g/mol. The van der Waals surface area contributed by atoms with Gasteiger partial charge in [-0.15, -0.1) is 0 Å². The first kappa shape index (κ1) is 33.8. The largest absolute Gasteiger partial charge is 0.493 e. The molecule has 0 amide bonds. The van der Waals surface area contributed by atoms with Crippen LogP contribution in [0.25, 0.3) is 11.2 Å². The number of alkyl halides is 3. The summed E-state index contributed by atoms with van der Waals surface area (Å²) < 4.78 is 97.9. The topological polar surface area (TPSA) is 67.6 Å². The third-order valence-corrected chi connectivity index (χ3v) is 10.3. The molecule has 4 aromatic rings. The fourth-order valence-electron chi connectivity index (χ4n) is 5.76. The molecule has 248 valence electrons. The highest BCUT2D eigenvalue weighted by atomic mass is 28.3. The van der Waals surface area contributed by atoms with Crippen LogP contribution in [-0.4, -0.2) is 48.1 Å². The Hall–Kier alpha value is -3.55. The summed E-state index contributed by atoms with van der Waals surface area (Å²) in [6.07, 6.45) is -4.60. The molecule has 0 unspecified atom stereocenters. The Bertz CT molecular complexity index is 1680. The number of hydrogen-bond acceptors (Lipinski definition) is 6. The number of nitrogens with zero attached hydrogens (tertiary/aromatic N) is 3. The lowest BCUT2D eigenvalue weighted by Crippen LogP contribution is -2.46. The molecule has 1 fully saturated rings. The molecule has 0 saturated carbocycles. The van der Waals surface area contributed by atoms with Crippen LogP contribution in [-0.2, 0) is 22.8 Å². The summed E-state index contributed by atoms with van der Waals surface area (Å²) in [6.45, 7) is 9.97. The van der Waals surface area contributed by atoms with Crippen LogP contribution in [0.2, 0.25) is 25.7 Å². The van der Waals surface area contributed by atoms with E-state index in [1.54, 1.807) is 10.9 Å². The summed E-state index contributed by atoms with van der Waals surface area (Å²) in [4.78, 5) is 9.10. The van der Waals surface area contributed by atoms with Gasteiger partial charge < -0.3 is 23.5 Å². The van der Waals surface area contributed by atoms with Crippen molar-refractivity contribution in [2.24, 2.45) is 5.92 Å². The van der Waals surface area contributed by atoms with Gasteiger partial charge in [0.05, 0.1) is 19.1 Å². The van der Waals surface area contributed by atoms with E-state index in [1.807, 2.05) is 30.3 Å². The van der Waals surface area contributed by atoms with E-state index in [0.717, 1.165) is 31.7 Å². The van der Waals surface area contributed by atoms with Gasteiger partial charge >= 0.3 is 6.18 Å². The fourth-order valence-corrected chi connectivity index (χ4v) is 6.52. The van der Waals surface area contributed by atoms with Crippen LogP contribution in [0, 0.1) is 17.6 Å². The highest BCUT2D eigenvalue weighted by Gasteiger charge is 2.65. The van der Waals surface area contributed by atoms with E-state index in [1.165, 1.54) is 19.1 Å². The fraction of sp³-hybridized carbons (Fsp3) is 0.455. The van der Waals surface area contributed by atoms with Crippen LogP contribution in [0.3, 0.4) is 0 Å². The normalized spacial score (nSPS) is 22.0. The third kappa shape index (κ3) is 6.63. The Labute approximate surface area is 265 Å².